The lowest BCUT2D eigenvalue weighted by Gasteiger charge is -2.35. The van der Waals surface area contributed by atoms with Crippen molar-refractivity contribution >= 4 is 29.6 Å². The molecule has 1 aliphatic carbocycles. The number of aliphatic hydroxyl groups excluding tert-OH is 1. The van der Waals surface area contributed by atoms with E-state index >= 15 is 0 Å². The minimum atomic E-state index is -0.919. The molecule has 2 aromatic carbocycles. The van der Waals surface area contributed by atoms with Crippen LogP contribution < -0.4 is 5.32 Å². The summed E-state index contributed by atoms with van der Waals surface area (Å²) in [5, 5.41) is 24.1. The molecule has 34 heavy (non-hydrogen) atoms. The van der Waals surface area contributed by atoms with Gasteiger partial charge in [-0.2, -0.15) is 0 Å². The molecule has 1 heterocycles. The fraction of sp³-hybridized carbons (Fsp3) is 0.407. The van der Waals surface area contributed by atoms with Gasteiger partial charge in [-0.3, -0.25) is 0 Å². The molecule has 1 aliphatic heterocycles. The van der Waals surface area contributed by atoms with Crippen LogP contribution in [0.4, 0.5) is 0 Å². The largest absolute Gasteiger partial charge is 0.381 e. The first-order valence-electron chi connectivity index (χ1n) is 11.6. The highest BCUT2D eigenvalue weighted by atomic mass is 32.2. The minimum Gasteiger partial charge on any atom is -0.381 e. The molecular weight excluding hydrogens is 464 g/mol. The van der Waals surface area contributed by atoms with E-state index in [1.807, 2.05) is 29.6 Å². The fourth-order valence-electron chi connectivity index (χ4n) is 4.28. The summed E-state index contributed by atoms with van der Waals surface area (Å²) >= 11 is 2.81. The molecule has 0 aromatic heterocycles. The molecule has 182 valence electrons. The number of methoxy groups -OCH3 is 1. The lowest BCUT2D eigenvalue weighted by atomic mass is 9.77. The second-order valence-electron chi connectivity index (χ2n) is 8.97. The van der Waals surface area contributed by atoms with E-state index in [-0.39, 0.29) is 6.17 Å². The van der Waals surface area contributed by atoms with Crippen molar-refractivity contribution in [2.24, 2.45) is 0 Å². The minimum absolute atomic E-state index is 0.219. The van der Waals surface area contributed by atoms with Crippen LogP contribution in [0, 0.1) is 0 Å². The summed E-state index contributed by atoms with van der Waals surface area (Å²) in [6.45, 7) is 1.79. The Morgan fingerprint density at radius 1 is 1.15 bits per heavy atom. The van der Waals surface area contributed by atoms with Gasteiger partial charge in [0.25, 0.3) is 0 Å². The Morgan fingerprint density at radius 2 is 1.79 bits per heavy atom. The molecule has 0 saturated heterocycles. The van der Waals surface area contributed by atoms with Crippen molar-refractivity contribution in [1.29, 1.82) is 0 Å². The van der Waals surface area contributed by atoms with Gasteiger partial charge in [0, 0.05) is 19.5 Å². The van der Waals surface area contributed by atoms with E-state index in [0.717, 1.165) is 18.4 Å². The molecule has 2 aliphatic rings. The van der Waals surface area contributed by atoms with Crippen LogP contribution in [0.2, 0.25) is 0 Å². The second kappa shape index (κ2) is 11.2. The predicted octanol–water partition coefficient (Wildman–Crippen LogP) is 5.04. The van der Waals surface area contributed by atoms with Gasteiger partial charge in [0.05, 0.1) is 12.0 Å². The smallest absolute Gasteiger partial charge is 0.146 e. The second-order valence-corrected chi connectivity index (χ2v) is 11.3. The van der Waals surface area contributed by atoms with Gasteiger partial charge in [-0.15, -0.1) is 23.5 Å². The number of aliphatic hydroxyl groups is 2. The number of rotatable bonds is 10. The maximum Gasteiger partial charge on any atom is 0.146 e. The molecule has 5 nitrogen and oxygen atoms in total. The van der Waals surface area contributed by atoms with E-state index in [9.17, 15) is 10.2 Å². The van der Waals surface area contributed by atoms with Gasteiger partial charge in [0.1, 0.15) is 16.5 Å². The van der Waals surface area contributed by atoms with Crippen LogP contribution in [0.5, 0.6) is 0 Å². The highest BCUT2D eigenvalue weighted by Gasteiger charge is 2.36. The summed E-state index contributed by atoms with van der Waals surface area (Å²) < 4.78 is 5.39. The number of nitrogens with zero attached hydrogens (tertiary/aromatic N) is 1. The van der Waals surface area contributed by atoms with Crippen LogP contribution in [0.25, 0.3) is 17.2 Å². The Kier molecular flexibility index (Phi) is 8.32. The van der Waals surface area contributed by atoms with Gasteiger partial charge in [-0.25, -0.2) is 0 Å². The Morgan fingerprint density at radius 3 is 2.41 bits per heavy atom. The zero-order valence-electron chi connectivity index (χ0n) is 19.9. The first-order chi connectivity index (χ1) is 16.4. The van der Waals surface area contributed by atoms with Gasteiger partial charge < -0.3 is 25.2 Å². The summed E-state index contributed by atoms with van der Waals surface area (Å²) in [5.74, 6) is 1.19. The summed E-state index contributed by atoms with van der Waals surface area (Å²) in [5.41, 5.74) is 4.20. The molecule has 7 heteroatoms. The lowest BCUT2D eigenvalue weighted by molar-refractivity contribution is 0.0258. The predicted molar refractivity (Wildman–Crippen MR) is 144 cm³/mol. The van der Waals surface area contributed by atoms with Crippen molar-refractivity contribution in [3.05, 3.63) is 78.1 Å². The third-order valence-electron chi connectivity index (χ3n) is 6.67. The Bertz CT molecular complexity index is 986. The number of thioether (sulfide) groups is 2. The van der Waals surface area contributed by atoms with Crippen LogP contribution in [0.1, 0.15) is 36.8 Å². The molecule has 3 unspecified atom stereocenters. The topological polar surface area (TPSA) is 65.0 Å². The summed E-state index contributed by atoms with van der Waals surface area (Å²) in [7, 11) is 1.79. The van der Waals surface area contributed by atoms with Crippen LogP contribution in [0.3, 0.4) is 0 Å². The van der Waals surface area contributed by atoms with Crippen molar-refractivity contribution in [2.45, 2.75) is 48.3 Å². The van der Waals surface area contributed by atoms with Crippen molar-refractivity contribution in [3.8, 4) is 11.1 Å². The van der Waals surface area contributed by atoms with Gasteiger partial charge >= 0.3 is 0 Å². The third kappa shape index (κ3) is 6.01. The van der Waals surface area contributed by atoms with Crippen LogP contribution in [0.15, 0.2) is 67.0 Å². The Balaban J connectivity index is 1.28. The van der Waals surface area contributed by atoms with E-state index in [1.165, 1.54) is 40.2 Å². The third-order valence-corrected chi connectivity index (χ3v) is 8.67. The van der Waals surface area contributed by atoms with Crippen LogP contribution in [-0.4, -0.2) is 57.0 Å². The molecule has 1 saturated carbocycles. The molecular formula is C27H34N2O3S2. The first-order valence-corrected chi connectivity index (χ1v) is 13.8. The number of benzene rings is 2. The van der Waals surface area contributed by atoms with Crippen molar-refractivity contribution in [2.75, 3.05) is 19.2 Å². The molecule has 0 radical (unpaired) electrons. The average molecular weight is 499 g/mol. The summed E-state index contributed by atoms with van der Waals surface area (Å²) in [6, 6.07) is 17.3. The Hall–Kier alpha value is -1.90. The quantitative estimate of drug-likeness (QED) is 0.397. The van der Waals surface area contributed by atoms with Crippen molar-refractivity contribution in [1.82, 2.24) is 10.2 Å². The van der Waals surface area contributed by atoms with Gasteiger partial charge in [0.15, 0.2) is 0 Å². The first kappa shape index (κ1) is 25.2. The maximum absolute atomic E-state index is 10.5. The zero-order chi connectivity index (χ0) is 24.1. The van der Waals surface area contributed by atoms with E-state index in [4.69, 9.17) is 4.74 Å². The molecule has 0 spiro atoms. The molecule has 3 N–H and O–H groups in total. The molecule has 2 aromatic rings. The van der Waals surface area contributed by atoms with E-state index in [1.54, 1.807) is 20.1 Å². The van der Waals surface area contributed by atoms with E-state index in [2.05, 4.69) is 53.8 Å². The van der Waals surface area contributed by atoms with Gasteiger partial charge in [-0.05, 0) is 60.3 Å². The highest BCUT2D eigenvalue weighted by molar-refractivity contribution is 8.00. The molecule has 0 bridgehead atoms. The number of hydrogen-bond acceptors (Lipinski definition) is 7. The number of hydrogen-bond donors (Lipinski definition) is 3. The van der Waals surface area contributed by atoms with Gasteiger partial charge in [0.2, 0.25) is 0 Å². The molecule has 1 fully saturated rings. The summed E-state index contributed by atoms with van der Waals surface area (Å²) in [4.78, 5) is 1.08. The van der Waals surface area contributed by atoms with Crippen LogP contribution in [-0.2, 0) is 4.74 Å². The van der Waals surface area contributed by atoms with E-state index in [0.29, 0.717) is 17.9 Å². The number of ether oxygens (including phenoxy) is 1. The molecule has 3 atom stereocenters. The van der Waals surface area contributed by atoms with Crippen molar-refractivity contribution in [3.63, 3.8) is 0 Å². The standard InChI is InChI=1S/C27H34N2O3S2/c1-27(31,33-3)26-28-14-15-29(26)18-34-25(30)13-6-19-4-7-20(8-5-19)21-9-11-22(12-10-21)23-16-24(17-23)32-2/h4-15,23-26,28,30-31H,16-18H2,1-3H3/b13-6+. The zero-order valence-corrected chi connectivity index (χ0v) is 21.6. The highest BCUT2D eigenvalue weighted by Crippen LogP contribution is 2.39. The Labute approximate surface area is 211 Å². The fourth-order valence-corrected chi connectivity index (χ4v) is 5.46. The molecule has 4 rings (SSSR count). The molecule has 0 amide bonds. The van der Waals surface area contributed by atoms with Crippen molar-refractivity contribution < 1.29 is 14.9 Å². The van der Waals surface area contributed by atoms with E-state index < -0.39 is 10.4 Å². The SMILES string of the molecule is COC1CC(c2ccc(-c3ccc(/C=C/C(O)SCN4C=CNC4C(C)(O)SC)cc3)cc2)C1. The monoisotopic (exact) mass is 498 g/mol. The summed E-state index contributed by atoms with van der Waals surface area (Å²) in [6.07, 6.45) is 11.8. The average Bonchev–Trinajstić information content (AvgIpc) is 3.31. The van der Waals surface area contributed by atoms with Gasteiger partial charge in [-0.1, -0.05) is 54.6 Å². The van der Waals surface area contributed by atoms with Crippen LogP contribution >= 0.6 is 23.5 Å². The normalized spacial score (nSPS) is 24.6. The maximum atomic E-state index is 10.5. The lowest BCUT2D eigenvalue weighted by Crippen LogP contribution is -2.51. The number of nitrogens with one attached hydrogen (secondary N) is 1.